The summed E-state index contributed by atoms with van der Waals surface area (Å²) in [5.74, 6) is -0.847. The van der Waals surface area contributed by atoms with Crippen molar-refractivity contribution < 1.29 is 18.3 Å². The summed E-state index contributed by atoms with van der Waals surface area (Å²) >= 11 is 0. The third-order valence-corrected chi connectivity index (χ3v) is 4.03. The van der Waals surface area contributed by atoms with Crippen molar-refractivity contribution in [3.8, 4) is 0 Å². The SMILES string of the molecule is CNS(=O)(=O)c1cccc(NC(C)CCC(=O)O)c1. The fourth-order valence-electron chi connectivity index (χ4n) is 1.57. The molecule has 0 radical (unpaired) electrons. The number of hydrogen-bond donors (Lipinski definition) is 3. The predicted molar refractivity (Wildman–Crippen MR) is 72.6 cm³/mol. The summed E-state index contributed by atoms with van der Waals surface area (Å²) in [7, 11) is -2.11. The second-order valence-corrected chi connectivity index (χ2v) is 6.10. The maximum atomic E-state index is 11.6. The molecule has 0 saturated carbocycles. The third kappa shape index (κ3) is 4.88. The Morgan fingerprint density at radius 2 is 2.11 bits per heavy atom. The highest BCUT2D eigenvalue weighted by Gasteiger charge is 2.12. The fraction of sp³-hybridized carbons (Fsp3) is 0.417. The van der Waals surface area contributed by atoms with E-state index < -0.39 is 16.0 Å². The molecule has 7 heteroatoms. The van der Waals surface area contributed by atoms with Gasteiger partial charge in [0.15, 0.2) is 0 Å². The summed E-state index contributed by atoms with van der Waals surface area (Å²) < 4.78 is 25.5. The number of anilines is 1. The number of rotatable bonds is 7. The van der Waals surface area contributed by atoms with Crippen LogP contribution in [0.1, 0.15) is 19.8 Å². The van der Waals surface area contributed by atoms with Crippen LogP contribution in [-0.4, -0.2) is 32.6 Å². The van der Waals surface area contributed by atoms with Gasteiger partial charge < -0.3 is 10.4 Å². The van der Waals surface area contributed by atoms with Crippen LogP contribution in [0.5, 0.6) is 0 Å². The molecule has 0 aliphatic carbocycles. The number of benzene rings is 1. The lowest BCUT2D eigenvalue weighted by Crippen LogP contribution is -2.20. The molecule has 0 amide bonds. The summed E-state index contributed by atoms with van der Waals surface area (Å²) in [6.45, 7) is 1.85. The molecule has 0 fully saturated rings. The molecule has 1 aromatic carbocycles. The minimum atomic E-state index is -3.47. The molecule has 6 nitrogen and oxygen atoms in total. The molecule has 1 aromatic rings. The molecule has 0 aliphatic rings. The number of carbonyl (C=O) groups is 1. The van der Waals surface area contributed by atoms with Gasteiger partial charge in [0.05, 0.1) is 4.90 Å². The van der Waals surface area contributed by atoms with Gasteiger partial charge in [0.25, 0.3) is 0 Å². The summed E-state index contributed by atoms with van der Waals surface area (Å²) in [5.41, 5.74) is 0.647. The zero-order valence-corrected chi connectivity index (χ0v) is 11.7. The third-order valence-electron chi connectivity index (χ3n) is 2.62. The van der Waals surface area contributed by atoms with E-state index in [2.05, 4.69) is 10.0 Å². The topological polar surface area (TPSA) is 95.5 Å². The zero-order chi connectivity index (χ0) is 14.5. The van der Waals surface area contributed by atoms with Gasteiger partial charge in [-0.2, -0.15) is 0 Å². The highest BCUT2D eigenvalue weighted by Crippen LogP contribution is 2.16. The first kappa shape index (κ1) is 15.5. The zero-order valence-electron chi connectivity index (χ0n) is 10.9. The van der Waals surface area contributed by atoms with Gasteiger partial charge in [0.1, 0.15) is 0 Å². The van der Waals surface area contributed by atoms with Crippen molar-refractivity contribution in [1.29, 1.82) is 0 Å². The first-order chi connectivity index (χ1) is 8.85. The maximum absolute atomic E-state index is 11.6. The number of carboxylic acid groups (broad SMARTS) is 1. The van der Waals surface area contributed by atoms with Crippen molar-refractivity contribution in [2.75, 3.05) is 12.4 Å². The van der Waals surface area contributed by atoms with Crippen LogP contribution in [0, 0.1) is 0 Å². The Balaban J connectivity index is 2.75. The average molecular weight is 286 g/mol. The molecule has 1 rings (SSSR count). The highest BCUT2D eigenvalue weighted by atomic mass is 32.2. The Kier molecular flexibility index (Phi) is 5.31. The standard InChI is InChI=1S/C12H18N2O4S/c1-9(6-7-12(15)16)14-10-4-3-5-11(8-10)19(17,18)13-2/h3-5,8-9,13-14H,6-7H2,1-2H3,(H,15,16). The predicted octanol–water partition coefficient (Wildman–Crippen LogP) is 1.26. The van der Waals surface area contributed by atoms with Gasteiger partial charge in [-0.25, -0.2) is 13.1 Å². The fourth-order valence-corrected chi connectivity index (χ4v) is 2.34. The van der Waals surface area contributed by atoms with E-state index in [1.54, 1.807) is 12.1 Å². The Labute approximate surface area is 112 Å². The highest BCUT2D eigenvalue weighted by molar-refractivity contribution is 7.89. The first-order valence-electron chi connectivity index (χ1n) is 5.87. The van der Waals surface area contributed by atoms with E-state index in [1.807, 2.05) is 6.92 Å². The van der Waals surface area contributed by atoms with Crippen molar-refractivity contribution in [3.05, 3.63) is 24.3 Å². The van der Waals surface area contributed by atoms with Crippen molar-refractivity contribution >= 4 is 21.7 Å². The average Bonchev–Trinajstić information content (AvgIpc) is 2.36. The molecule has 0 heterocycles. The summed E-state index contributed by atoms with van der Waals surface area (Å²) in [5, 5.41) is 11.7. The van der Waals surface area contributed by atoms with Gasteiger partial charge in [-0.05, 0) is 38.6 Å². The number of nitrogens with one attached hydrogen (secondary N) is 2. The van der Waals surface area contributed by atoms with E-state index in [9.17, 15) is 13.2 Å². The molecular formula is C12H18N2O4S. The Morgan fingerprint density at radius 3 is 2.68 bits per heavy atom. The van der Waals surface area contributed by atoms with E-state index in [0.717, 1.165) is 0 Å². The van der Waals surface area contributed by atoms with Crippen LogP contribution >= 0.6 is 0 Å². The minimum Gasteiger partial charge on any atom is -0.481 e. The van der Waals surface area contributed by atoms with Crippen LogP contribution in [0.3, 0.4) is 0 Å². The van der Waals surface area contributed by atoms with E-state index in [-0.39, 0.29) is 17.4 Å². The second-order valence-electron chi connectivity index (χ2n) is 4.21. The Hall–Kier alpha value is -1.60. The molecule has 0 spiro atoms. The first-order valence-corrected chi connectivity index (χ1v) is 7.35. The van der Waals surface area contributed by atoms with Crippen molar-refractivity contribution in [1.82, 2.24) is 4.72 Å². The number of aliphatic carboxylic acids is 1. The van der Waals surface area contributed by atoms with Gasteiger partial charge in [-0.3, -0.25) is 4.79 Å². The summed E-state index contributed by atoms with van der Waals surface area (Å²) in [4.78, 5) is 10.6. The number of hydrogen-bond acceptors (Lipinski definition) is 4. The van der Waals surface area contributed by atoms with Gasteiger partial charge in [-0.1, -0.05) is 6.07 Å². The molecule has 19 heavy (non-hydrogen) atoms. The van der Waals surface area contributed by atoms with E-state index >= 15 is 0 Å². The molecule has 0 saturated heterocycles. The lowest BCUT2D eigenvalue weighted by atomic mass is 10.1. The smallest absolute Gasteiger partial charge is 0.303 e. The van der Waals surface area contributed by atoms with Crippen molar-refractivity contribution in [3.63, 3.8) is 0 Å². The van der Waals surface area contributed by atoms with Gasteiger partial charge >= 0.3 is 5.97 Å². The Bertz CT molecular complexity index is 542. The van der Waals surface area contributed by atoms with E-state index in [1.165, 1.54) is 19.2 Å². The molecule has 0 aromatic heterocycles. The molecule has 106 valence electrons. The van der Waals surface area contributed by atoms with Crippen molar-refractivity contribution in [2.24, 2.45) is 0 Å². The number of carboxylic acids is 1. The van der Waals surface area contributed by atoms with Crippen LogP contribution in [-0.2, 0) is 14.8 Å². The van der Waals surface area contributed by atoms with Crippen LogP contribution < -0.4 is 10.0 Å². The summed E-state index contributed by atoms with van der Waals surface area (Å²) in [6, 6.07) is 6.34. The van der Waals surface area contributed by atoms with Crippen LogP contribution in [0.25, 0.3) is 0 Å². The number of sulfonamides is 1. The van der Waals surface area contributed by atoms with Crippen LogP contribution in [0.4, 0.5) is 5.69 Å². The molecular weight excluding hydrogens is 268 g/mol. The minimum absolute atomic E-state index is 0.0522. The molecule has 1 unspecified atom stereocenters. The van der Waals surface area contributed by atoms with E-state index in [4.69, 9.17) is 5.11 Å². The largest absolute Gasteiger partial charge is 0.481 e. The maximum Gasteiger partial charge on any atom is 0.303 e. The van der Waals surface area contributed by atoms with Crippen LogP contribution in [0.15, 0.2) is 29.2 Å². The quantitative estimate of drug-likeness (QED) is 0.701. The van der Waals surface area contributed by atoms with Gasteiger partial charge in [0.2, 0.25) is 10.0 Å². The lowest BCUT2D eigenvalue weighted by molar-refractivity contribution is -0.137. The lowest BCUT2D eigenvalue weighted by Gasteiger charge is -2.15. The second kappa shape index (κ2) is 6.53. The van der Waals surface area contributed by atoms with Crippen molar-refractivity contribution in [2.45, 2.75) is 30.7 Å². The van der Waals surface area contributed by atoms with Gasteiger partial charge in [-0.15, -0.1) is 0 Å². The molecule has 0 bridgehead atoms. The summed E-state index contributed by atoms with van der Waals surface area (Å²) in [6.07, 6.45) is 0.543. The van der Waals surface area contributed by atoms with Gasteiger partial charge in [0, 0.05) is 18.2 Å². The normalized spacial score (nSPS) is 12.9. The Morgan fingerprint density at radius 1 is 1.42 bits per heavy atom. The molecule has 0 aliphatic heterocycles. The monoisotopic (exact) mass is 286 g/mol. The van der Waals surface area contributed by atoms with E-state index in [0.29, 0.717) is 12.1 Å². The van der Waals surface area contributed by atoms with Crippen LogP contribution in [0.2, 0.25) is 0 Å². The molecule has 3 N–H and O–H groups in total. The molecule has 1 atom stereocenters.